The van der Waals surface area contributed by atoms with E-state index in [4.69, 9.17) is 4.74 Å². The van der Waals surface area contributed by atoms with E-state index in [0.29, 0.717) is 12.8 Å². The van der Waals surface area contributed by atoms with Crippen LogP contribution < -0.4 is 10.6 Å². The number of pyridine rings is 1. The highest BCUT2D eigenvalue weighted by Crippen LogP contribution is 2.37. The van der Waals surface area contributed by atoms with Crippen molar-refractivity contribution in [3.63, 3.8) is 0 Å². The Hall–Kier alpha value is -2.25. The van der Waals surface area contributed by atoms with E-state index < -0.39 is 29.6 Å². The standard InChI is InChI=1S/C15H19F2N3O3/c1-14(2,3)23-13(22)20-15(4-5-15)12(21)19-10-6-9(11(16)17)7-18-8-10/h6-8,11H,4-5H2,1-3H3,(H,19,21)(H,20,22). The molecule has 1 aromatic rings. The zero-order valence-corrected chi connectivity index (χ0v) is 13.2. The van der Waals surface area contributed by atoms with Gasteiger partial charge in [-0.15, -0.1) is 0 Å². The summed E-state index contributed by atoms with van der Waals surface area (Å²) in [6, 6.07) is 1.15. The minimum atomic E-state index is -2.67. The molecule has 0 spiro atoms. The predicted molar refractivity (Wildman–Crippen MR) is 79.2 cm³/mol. The zero-order chi connectivity index (χ0) is 17.3. The molecular weight excluding hydrogens is 308 g/mol. The van der Waals surface area contributed by atoms with Gasteiger partial charge in [0.15, 0.2) is 0 Å². The lowest BCUT2D eigenvalue weighted by molar-refractivity contribution is -0.119. The summed E-state index contributed by atoms with van der Waals surface area (Å²) in [6.07, 6.45) is -0.140. The van der Waals surface area contributed by atoms with Crippen LogP contribution in [0.15, 0.2) is 18.5 Å². The predicted octanol–water partition coefficient (Wildman–Crippen LogP) is 3.02. The quantitative estimate of drug-likeness (QED) is 0.891. The number of hydrogen-bond donors (Lipinski definition) is 2. The molecular formula is C15H19F2N3O3. The van der Waals surface area contributed by atoms with Crippen LogP contribution in [0.25, 0.3) is 0 Å². The molecule has 6 nitrogen and oxygen atoms in total. The number of anilines is 1. The molecule has 0 aromatic carbocycles. The number of rotatable bonds is 4. The lowest BCUT2D eigenvalue weighted by Crippen LogP contribution is -2.47. The Bertz CT molecular complexity index is 610. The van der Waals surface area contributed by atoms with Crippen molar-refractivity contribution in [2.45, 2.75) is 51.2 Å². The van der Waals surface area contributed by atoms with Gasteiger partial charge < -0.3 is 15.4 Å². The second-order valence-electron chi connectivity index (χ2n) is 6.47. The second kappa shape index (κ2) is 6.10. The third-order valence-corrected chi connectivity index (χ3v) is 3.19. The number of alkyl halides is 2. The van der Waals surface area contributed by atoms with E-state index >= 15 is 0 Å². The third kappa shape index (κ3) is 4.61. The number of hydrogen-bond acceptors (Lipinski definition) is 4. The first-order valence-electron chi connectivity index (χ1n) is 7.17. The number of carbonyl (C=O) groups excluding carboxylic acids is 2. The summed E-state index contributed by atoms with van der Waals surface area (Å²) >= 11 is 0. The molecule has 8 heteroatoms. The molecule has 0 saturated heterocycles. The Kier molecular flexibility index (Phi) is 4.53. The lowest BCUT2D eigenvalue weighted by Gasteiger charge is -2.23. The monoisotopic (exact) mass is 327 g/mol. The maximum absolute atomic E-state index is 12.6. The normalized spacial score (nSPS) is 15.9. The Morgan fingerprint density at radius 2 is 1.96 bits per heavy atom. The molecule has 0 bridgehead atoms. The number of halogens is 2. The first kappa shape index (κ1) is 17.1. The Balaban J connectivity index is 2.00. The number of nitrogens with zero attached hydrogens (tertiary/aromatic N) is 1. The van der Waals surface area contributed by atoms with Gasteiger partial charge in [0.2, 0.25) is 5.91 Å². The number of aromatic nitrogens is 1. The molecule has 0 aliphatic heterocycles. The maximum atomic E-state index is 12.6. The van der Waals surface area contributed by atoms with Crippen LogP contribution in [0.5, 0.6) is 0 Å². The van der Waals surface area contributed by atoms with Gasteiger partial charge >= 0.3 is 6.09 Å². The van der Waals surface area contributed by atoms with E-state index in [1.807, 2.05) is 0 Å². The van der Waals surface area contributed by atoms with Crippen molar-refractivity contribution in [3.8, 4) is 0 Å². The average Bonchev–Trinajstić information content (AvgIpc) is 3.17. The summed E-state index contributed by atoms with van der Waals surface area (Å²) in [4.78, 5) is 27.7. The van der Waals surface area contributed by atoms with E-state index in [2.05, 4.69) is 15.6 Å². The number of nitrogens with one attached hydrogen (secondary N) is 2. The van der Waals surface area contributed by atoms with Crippen LogP contribution in [0.3, 0.4) is 0 Å². The highest BCUT2D eigenvalue weighted by atomic mass is 19.3. The molecule has 0 unspecified atom stereocenters. The van der Waals surface area contributed by atoms with Gasteiger partial charge in [-0.2, -0.15) is 0 Å². The van der Waals surface area contributed by atoms with Crippen LogP contribution in [-0.2, 0) is 9.53 Å². The van der Waals surface area contributed by atoms with Gasteiger partial charge in [-0.25, -0.2) is 13.6 Å². The van der Waals surface area contributed by atoms with Crippen LogP contribution in [0.1, 0.15) is 45.6 Å². The molecule has 0 atom stereocenters. The summed E-state index contributed by atoms with van der Waals surface area (Å²) in [5.74, 6) is -0.475. The van der Waals surface area contributed by atoms with Gasteiger partial charge in [0.05, 0.1) is 11.9 Å². The van der Waals surface area contributed by atoms with Crippen molar-refractivity contribution >= 4 is 17.7 Å². The molecule has 23 heavy (non-hydrogen) atoms. The topological polar surface area (TPSA) is 80.3 Å². The highest BCUT2D eigenvalue weighted by Gasteiger charge is 2.52. The summed E-state index contributed by atoms with van der Waals surface area (Å²) in [6.45, 7) is 5.15. The van der Waals surface area contributed by atoms with Crippen LogP contribution >= 0.6 is 0 Å². The SMILES string of the molecule is CC(C)(C)OC(=O)NC1(C(=O)Nc2cncc(C(F)F)c2)CC1. The molecule has 1 heterocycles. The minimum absolute atomic E-state index is 0.157. The molecule has 0 radical (unpaired) electrons. The second-order valence-corrected chi connectivity index (χ2v) is 6.47. The van der Waals surface area contributed by atoms with E-state index in [-0.39, 0.29) is 11.3 Å². The number of amides is 2. The lowest BCUT2D eigenvalue weighted by atomic mass is 10.2. The van der Waals surface area contributed by atoms with Crippen molar-refractivity contribution in [2.24, 2.45) is 0 Å². The molecule has 1 aliphatic carbocycles. The van der Waals surface area contributed by atoms with Gasteiger partial charge in [-0.3, -0.25) is 9.78 Å². The van der Waals surface area contributed by atoms with Crippen LogP contribution in [0.4, 0.5) is 19.3 Å². The largest absolute Gasteiger partial charge is 0.444 e. The summed E-state index contributed by atoms with van der Waals surface area (Å²) < 4.78 is 30.4. The first-order chi connectivity index (χ1) is 10.6. The smallest absolute Gasteiger partial charge is 0.408 e. The zero-order valence-electron chi connectivity index (χ0n) is 13.2. The Morgan fingerprint density at radius 1 is 1.30 bits per heavy atom. The molecule has 2 amide bonds. The number of ether oxygens (including phenoxy) is 1. The Morgan fingerprint density at radius 3 is 2.48 bits per heavy atom. The van der Waals surface area contributed by atoms with Crippen LogP contribution in [0.2, 0.25) is 0 Å². The van der Waals surface area contributed by atoms with Crippen molar-refractivity contribution < 1.29 is 23.1 Å². The fraction of sp³-hybridized carbons (Fsp3) is 0.533. The molecule has 1 aliphatic rings. The molecule has 2 rings (SSSR count). The highest BCUT2D eigenvalue weighted by molar-refractivity contribution is 6.02. The van der Waals surface area contributed by atoms with Gasteiger partial charge in [0.1, 0.15) is 11.1 Å². The van der Waals surface area contributed by atoms with Crippen molar-refractivity contribution in [2.75, 3.05) is 5.32 Å². The first-order valence-corrected chi connectivity index (χ1v) is 7.17. The molecule has 2 N–H and O–H groups in total. The fourth-order valence-electron chi connectivity index (χ4n) is 1.93. The molecule has 126 valence electrons. The van der Waals surface area contributed by atoms with Crippen LogP contribution in [0, 0.1) is 0 Å². The van der Waals surface area contributed by atoms with E-state index in [9.17, 15) is 18.4 Å². The third-order valence-electron chi connectivity index (χ3n) is 3.19. The summed E-state index contributed by atoms with van der Waals surface area (Å²) in [5, 5.41) is 5.04. The molecule has 1 aromatic heterocycles. The van der Waals surface area contributed by atoms with Gasteiger partial charge in [-0.1, -0.05) is 0 Å². The maximum Gasteiger partial charge on any atom is 0.408 e. The van der Waals surface area contributed by atoms with E-state index in [0.717, 1.165) is 12.3 Å². The van der Waals surface area contributed by atoms with Gasteiger partial charge in [0.25, 0.3) is 6.43 Å². The van der Waals surface area contributed by atoms with Crippen molar-refractivity contribution in [1.82, 2.24) is 10.3 Å². The molecule has 1 saturated carbocycles. The summed E-state index contributed by atoms with van der Waals surface area (Å²) in [5.41, 5.74) is -1.85. The van der Waals surface area contributed by atoms with Gasteiger partial charge in [0, 0.05) is 11.8 Å². The number of carbonyl (C=O) groups is 2. The van der Waals surface area contributed by atoms with E-state index in [1.165, 1.54) is 6.20 Å². The minimum Gasteiger partial charge on any atom is -0.444 e. The Labute approximate surface area is 132 Å². The van der Waals surface area contributed by atoms with Crippen molar-refractivity contribution in [1.29, 1.82) is 0 Å². The number of alkyl carbamates (subject to hydrolysis) is 1. The molecule has 1 fully saturated rings. The summed E-state index contributed by atoms with van der Waals surface area (Å²) in [7, 11) is 0. The van der Waals surface area contributed by atoms with Crippen LogP contribution in [-0.4, -0.2) is 28.1 Å². The van der Waals surface area contributed by atoms with E-state index in [1.54, 1.807) is 20.8 Å². The van der Waals surface area contributed by atoms with Gasteiger partial charge in [-0.05, 0) is 39.7 Å². The average molecular weight is 327 g/mol. The van der Waals surface area contributed by atoms with Crippen molar-refractivity contribution in [3.05, 3.63) is 24.0 Å². The fourth-order valence-corrected chi connectivity index (χ4v) is 1.93.